The summed E-state index contributed by atoms with van der Waals surface area (Å²) < 4.78 is 0. The van der Waals surface area contributed by atoms with E-state index in [0.29, 0.717) is 10.0 Å². The average Bonchev–Trinajstić information content (AvgIpc) is 3.29. The van der Waals surface area contributed by atoms with Gasteiger partial charge in [-0.2, -0.15) is 0 Å². The smallest absolute Gasteiger partial charge is 0.223 e. The van der Waals surface area contributed by atoms with E-state index in [9.17, 15) is 4.79 Å². The Labute approximate surface area is 141 Å². The molecular formula is C17H22Cl2N2O. The molecule has 1 saturated carbocycles. The minimum Gasteiger partial charge on any atom is -0.355 e. The van der Waals surface area contributed by atoms with Gasteiger partial charge >= 0.3 is 0 Å². The van der Waals surface area contributed by atoms with Crippen LogP contribution in [-0.2, 0) is 4.79 Å². The fraction of sp³-hybridized carbons (Fsp3) is 0.588. The number of benzene rings is 1. The third kappa shape index (κ3) is 3.58. The highest BCUT2D eigenvalue weighted by Crippen LogP contribution is 2.48. The van der Waals surface area contributed by atoms with Crippen molar-refractivity contribution >= 4 is 29.1 Å². The maximum Gasteiger partial charge on any atom is 0.223 e. The maximum absolute atomic E-state index is 12.3. The van der Waals surface area contributed by atoms with Gasteiger partial charge in [-0.25, -0.2) is 0 Å². The molecule has 1 saturated heterocycles. The number of piperidine rings is 1. The molecule has 0 spiro atoms. The Bertz CT molecular complexity index is 570. The molecule has 22 heavy (non-hydrogen) atoms. The van der Waals surface area contributed by atoms with E-state index in [4.69, 9.17) is 23.2 Å². The SMILES string of the molecule is CC1(CNC(=O)C2CC2c2ccc(Cl)c(Cl)c2)CCNCC1. The predicted molar refractivity (Wildman–Crippen MR) is 90.5 cm³/mol. The lowest BCUT2D eigenvalue weighted by atomic mass is 9.81. The molecule has 0 bridgehead atoms. The van der Waals surface area contributed by atoms with Crippen LogP contribution in [0.4, 0.5) is 0 Å². The van der Waals surface area contributed by atoms with Crippen LogP contribution in [0.25, 0.3) is 0 Å². The quantitative estimate of drug-likeness (QED) is 0.879. The minimum atomic E-state index is 0.0857. The molecule has 1 aliphatic carbocycles. The van der Waals surface area contributed by atoms with Gasteiger partial charge < -0.3 is 10.6 Å². The van der Waals surface area contributed by atoms with Crippen LogP contribution in [0.5, 0.6) is 0 Å². The molecule has 1 aromatic carbocycles. The molecule has 120 valence electrons. The van der Waals surface area contributed by atoms with Crippen LogP contribution in [0, 0.1) is 11.3 Å². The highest BCUT2D eigenvalue weighted by molar-refractivity contribution is 6.42. The maximum atomic E-state index is 12.3. The van der Waals surface area contributed by atoms with Crippen molar-refractivity contribution in [1.82, 2.24) is 10.6 Å². The van der Waals surface area contributed by atoms with E-state index in [0.717, 1.165) is 44.5 Å². The zero-order valence-electron chi connectivity index (χ0n) is 12.8. The van der Waals surface area contributed by atoms with E-state index >= 15 is 0 Å². The molecule has 3 nitrogen and oxygen atoms in total. The Kier molecular flexibility index (Phi) is 4.67. The normalized spacial score (nSPS) is 26.5. The molecule has 2 aliphatic rings. The van der Waals surface area contributed by atoms with Gasteiger partial charge in [0.1, 0.15) is 0 Å². The summed E-state index contributed by atoms with van der Waals surface area (Å²) in [6.07, 6.45) is 3.14. The van der Waals surface area contributed by atoms with Crippen molar-refractivity contribution in [2.75, 3.05) is 19.6 Å². The molecule has 0 aromatic heterocycles. The zero-order valence-corrected chi connectivity index (χ0v) is 14.3. The second-order valence-corrected chi connectivity index (χ2v) is 7.72. The second-order valence-electron chi connectivity index (χ2n) is 6.90. The van der Waals surface area contributed by atoms with Gasteiger partial charge in [-0.05, 0) is 61.4 Å². The van der Waals surface area contributed by atoms with Crippen molar-refractivity contribution in [1.29, 1.82) is 0 Å². The fourth-order valence-corrected chi connectivity index (χ4v) is 3.54. The van der Waals surface area contributed by atoms with Gasteiger partial charge in [0.25, 0.3) is 0 Å². The van der Waals surface area contributed by atoms with Crippen LogP contribution in [0.2, 0.25) is 10.0 Å². The summed E-state index contributed by atoms with van der Waals surface area (Å²) in [5.41, 5.74) is 1.34. The van der Waals surface area contributed by atoms with Gasteiger partial charge in [-0.3, -0.25) is 4.79 Å². The third-order valence-electron chi connectivity index (χ3n) is 5.00. The number of amides is 1. The number of hydrogen-bond acceptors (Lipinski definition) is 2. The van der Waals surface area contributed by atoms with E-state index in [-0.39, 0.29) is 23.2 Å². The molecule has 2 N–H and O–H groups in total. The molecule has 5 heteroatoms. The predicted octanol–water partition coefficient (Wildman–Crippen LogP) is 3.60. The first kappa shape index (κ1) is 16.1. The van der Waals surface area contributed by atoms with Crippen molar-refractivity contribution < 1.29 is 4.79 Å². The summed E-state index contributed by atoms with van der Waals surface area (Å²) in [6.45, 7) is 5.12. The van der Waals surface area contributed by atoms with E-state index in [2.05, 4.69) is 17.6 Å². The summed E-state index contributed by atoms with van der Waals surface area (Å²) >= 11 is 12.0. The summed E-state index contributed by atoms with van der Waals surface area (Å²) in [4.78, 5) is 12.3. The van der Waals surface area contributed by atoms with Gasteiger partial charge in [0.2, 0.25) is 5.91 Å². The molecule has 2 atom stereocenters. The lowest BCUT2D eigenvalue weighted by Crippen LogP contribution is -2.43. The Morgan fingerprint density at radius 2 is 2.05 bits per heavy atom. The zero-order chi connectivity index (χ0) is 15.7. The summed E-state index contributed by atoms with van der Waals surface area (Å²) in [5.74, 6) is 0.550. The highest BCUT2D eigenvalue weighted by Gasteiger charge is 2.44. The second kappa shape index (κ2) is 6.38. The molecule has 0 radical (unpaired) electrons. The van der Waals surface area contributed by atoms with Gasteiger partial charge in [0.05, 0.1) is 10.0 Å². The van der Waals surface area contributed by atoms with Crippen LogP contribution in [0.1, 0.15) is 37.7 Å². The molecule has 2 fully saturated rings. The summed E-state index contributed by atoms with van der Waals surface area (Å²) in [5, 5.41) is 7.64. The monoisotopic (exact) mass is 340 g/mol. The fourth-order valence-electron chi connectivity index (χ4n) is 3.23. The average molecular weight is 341 g/mol. The number of rotatable bonds is 4. The van der Waals surface area contributed by atoms with E-state index in [1.54, 1.807) is 0 Å². The van der Waals surface area contributed by atoms with Gasteiger partial charge in [0, 0.05) is 12.5 Å². The summed E-state index contributed by atoms with van der Waals surface area (Å²) in [7, 11) is 0. The molecular weight excluding hydrogens is 319 g/mol. The first-order chi connectivity index (χ1) is 10.5. The Morgan fingerprint density at radius 1 is 1.32 bits per heavy atom. The topological polar surface area (TPSA) is 41.1 Å². The molecule has 2 unspecified atom stereocenters. The van der Waals surface area contributed by atoms with Crippen LogP contribution in [0.3, 0.4) is 0 Å². The molecule has 1 heterocycles. The van der Waals surface area contributed by atoms with E-state index in [1.165, 1.54) is 0 Å². The largest absolute Gasteiger partial charge is 0.355 e. The van der Waals surface area contributed by atoms with Gasteiger partial charge in [-0.1, -0.05) is 36.2 Å². The molecule has 1 aliphatic heterocycles. The van der Waals surface area contributed by atoms with Gasteiger partial charge in [-0.15, -0.1) is 0 Å². The van der Waals surface area contributed by atoms with E-state index in [1.807, 2.05) is 18.2 Å². The first-order valence-electron chi connectivity index (χ1n) is 7.92. The molecule has 1 amide bonds. The lowest BCUT2D eigenvalue weighted by molar-refractivity contribution is -0.123. The first-order valence-corrected chi connectivity index (χ1v) is 8.67. The Balaban J connectivity index is 1.53. The lowest BCUT2D eigenvalue weighted by Gasteiger charge is -2.34. The minimum absolute atomic E-state index is 0.0857. The Morgan fingerprint density at radius 3 is 2.73 bits per heavy atom. The number of carbonyl (C=O) groups excluding carboxylic acids is 1. The molecule has 1 aromatic rings. The number of nitrogens with one attached hydrogen (secondary N) is 2. The van der Waals surface area contributed by atoms with Crippen molar-refractivity contribution in [2.24, 2.45) is 11.3 Å². The van der Waals surface area contributed by atoms with Crippen molar-refractivity contribution in [3.63, 3.8) is 0 Å². The van der Waals surface area contributed by atoms with Crippen LogP contribution in [-0.4, -0.2) is 25.5 Å². The summed E-state index contributed by atoms with van der Waals surface area (Å²) in [6, 6.07) is 5.67. The number of halogens is 2. The van der Waals surface area contributed by atoms with Crippen molar-refractivity contribution in [3.8, 4) is 0 Å². The Hall–Kier alpha value is -0.770. The third-order valence-corrected chi connectivity index (χ3v) is 5.74. The highest BCUT2D eigenvalue weighted by atomic mass is 35.5. The number of carbonyl (C=O) groups is 1. The van der Waals surface area contributed by atoms with Crippen molar-refractivity contribution in [2.45, 2.75) is 32.1 Å². The van der Waals surface area contributed by atoms with Crippen LogP contribution >= 0.6 is 23.2 Å². The van der Waals surface area contributed by atoms with Gasteiger partial charge in [0.15, 0.2) is 0 Å². The van der Waals surface area contributed by atoms with Crippen LogP contribution < -0.4 is 10.6 Å². The number of hydrogen-bond donors (Lipinski definition) is 2. The van der Waals surface area contributed by atoms with Crippen molar-refractivity contribution in [3.05, 3.63) is 33.8 Å². The van der Waals surface area contributed by atoms with E-state index < -0.39 is 0 Å². The standard InChI is InChI=1S/C17H22Cl2N2O/c1-17(4-6-20-7-5-17)10-21-16(22)13-9-12(13)11-2-3-14(18)15(19)8-11/h2-3,8,12-13,20H,4-7,9-10H2,1H3,(H,21,22). The molecule has 3 rings (SSSR count). The van der Waals surface area contributed by atoms with Crippen LogP contribution in [0.15, 0.2) is 18.2 Å².